The predicted molar refractivity (Wildman–Crippen MR) is 65.1 cm³/mol. The number of anilines is 2. The molecule has 98 valence electrons. The molecule has 0 bridgehead atoms. The van der Waals surface area contributed by atoms with Crippen LogP contribution in [0.2, 0.25) is 0 Å². The summed E-state index contributed by atoms with van der Waals surface area (Å²) in [5, 5.41) is 10.5. The Balaban J connectivity index is 2.88. The Bertz CT molecular complexity index is 475. The molecule has 0 saturated carbocycles. The Labute approximate surface area is 103 Å². The van der Waals surface area contributed by atoms with Gasteiger partial charge in [0.25, 0.3) is 0 Å². The summed E-state index contributed by atoms with van der Waals surface area (Å²) < 4.78 is 0. The number of hydrogen-bond acceptors (Lipinski definition) is 7. The molecule has 0 aliphatic carbocycles. The summed E-state index contributed by atoms with van der Waals surface area (Å²) >= 11 is 0. The standard InChI is InChI=1S/C9H14N6O3/c1-13(2)7(16)5-14(3)9-11-4-6(15(17)18)8(10)12-9/h4H,5H2,1-3H3,(H2,10,11,12). The van der Waals surface area contributed by atoms with E-state index >= 15 is 0 Å². The van der Waals surface area contributed by atoms with E-state index in [0.717, 1.165) is 6.20 Å². The van der Waals surface area contributed by atoms with Gasteiger partial charge in [-0.25, -0.2) is 4.98 Å². The highest BCUT2D eigenvalue weighted by molar-refractivity contribution is 5.80. The van der Waals surface area contributed by atoms with Crippen molar-refractivity contribution in [3.8, 4) is 0 Å². The van der Waals surface area contributed by atoms with E-state index in [1.54, 1.807) is 21.1 Å². The summed E-state index contributed by atoms with van der Waals surface area (Å²) in [4.78, 5) is 31.8. The maximum atomic E-state index is 11.5. The van der Waals surface area contributed by atoms with Crippen LogP contribution < -0.4 is 10.6 Å². The average molecular weight is 254 g/mol. The lowest BCUT2D eigenvalue weighted by Crippen LogP contribution is -2.35. The summed E-state index contributed by atoms with van der Waals surface area (Å²) in [7, 11) is 4.85. The summed E-state index contributed by atoms with van der Waals surface area (Å²) in [6.45, 7) is 0.0598. The van der Waals surface area contributed by atoms with Gasteiger partial charge in [0, 0.05) is 21.1 Å². The van der Waals surface area contributed by atoms with Crippen molar-refractivity contribution in [1.29, 1.82) is 0 Å². The SMILES string of the molecule is CN(C)C(=O)CN(C)c1ncc([N+](=O)[O-])c(N)n1. The van der Waals surface area contributed by atoms with Gasteiger partial charge in [0.15, 0.2) is 0 Å². The summed E-state index contributed by atoms with van der Waals surface area (Å²) in [6, 6.07) is 0. The fraction of sp³-hybridized carbons (Fsp3) is 0.444. The van der Waals surface area contributed by atoms with Crippen LogP contribution in [0.15, 0.2) is 6.20 Å². The second kappa shape index (κ2) is 5.25. The van der Waals surface area contributed by atoms with E-state index in [4.69, 9.17) is 5.73 Å². The molecular weight excluding hydrogens is 240 g/mol. The number of nitrogens with zero attached hydrogens (tertiary/aromatic N) is 5. The molecule has 9 nitrogen and oxygen atoms in total. The van der Waals surface area contributed by atoms with Crippen LogP contribution in [0.4, 0.5) is 17.5 Å². The molecule has 1 aromatic heterocycles. The third-order valence-electron chi connectivity index (χ3n) is 2.19. The fourth-order valence-electron chi connectivity index (χ4n) is 1.12. The summed E-state index contributed by atoms with van der Waals surface area (Å²) in [5.41, 5.74) is 5.08. The quantitative estimate of drug-likeness (QED) is 0.567. The number of nitrogen functional groups attached to an aromatic ring is 1. The molecule has 0 radical (unpaired) electrons. The molecular formula is C9H14N6O3. The maximum absolute atomic E-state index is 11.5. The molecule has 1 rings (SSSR count). The largest absolute Gasteiger partial charge is 0.378 e. The van der Waals surface area contributed by atoms with Crippen LogP contribution in [-0.4, -0.2) is 53.4 Å². The van der Waals surface area contributed by atoms with Gasteiger partial charge in [0.05, 0.1) is 11.5 Å². The maximum Gasteiger partial charge on any atom is 0.329 e. The van der Waals surface area contributed by atoms with Crippen LogP contribution in [0.25, 0.3) is 0 Å². The molecule has 1 heterocycles. The highest BCUT2D eigenvalue weighted by Crippen LogP contribution is 2.19. The van der Waals surface area contributed by atoms with Crippen molar-refractivity contribution in [2.75, 3.05) is 38.3 Å². The molecule has 0 fully saturated rings. The molecule has 0 aliphatic heterocycles. The number of aromatic nitrogens is 2. The molecule has 9 heteroatoms. The minimum absolute atomic E-state index is 0.0598. The van der Waals surface area contributed by atoms with Crippen molar-refractivity contribution in [3.05, 3.63) is 16.3 Å². The minimum Gasteiger partial charge on any atom is -0.378 e. The third-order valence-corrected chi connectivity index (χ3v) is 2.19. The first-order valence-corrected chi connectivity index (χ1v) is 5.01. The summed E-state index contributed by atoms with van der Waals surface area (Å²) in [5.74, 6) is -0.208. The van der Waals surface area contributed by atoms with E-state index in [1.165, 1.54) is 9.80 Å². The monoisotopic (exact) mass is 254 g/mol. The van der Waals surface area contributed by atoms with Crippen LogP contribution in [0.3, 0.4) is 0 Å². The highest BCUT2D eigenvalue weighted by atomic mass is 16.6. The smallest absolute Gasteiger partial charge is 0.329 e. The van der Waals surface area contributed by atoms with E-state index in [9.17, 15) is 14.9 Å². The van der Waals surface area contributed by atoms with E-state index in [-0.39, 0.29) is 29.9 Å². The van der Waals surface area contributed by atoms with Crippen molar-refractivity contribution in [3.63, 3.8) is 0 Å². The van der Waals surface area contributed by atoms with Crippen LogP contribution in [0.1, 0.15) is 0 Å². The molecule has 0 atom stereocenters. The average Bonchev–Trinajstić information content (AvgIpc) is 2.27. The van der Waals surface area contributed by atoms with Crippen molar-refractivity contribution < 1.29 is 9.72 Å². The van der Waals surface area contributed by atoms with Gasteiger partial charge in [-0.05, 0) is 0 Å². The Morgan fingerprint density at radius 3 is 2.56 bits per heavy atom. The number of nitro groups is 1. The zero-order valence-corrected chi connectivity index (χ0v) is 10.3. The van der Waals surface area contributed by atoms with Crippen LogP contribution in [0.5, 0.6) is 0 Å². The highest BCUT2D eigenvalue weighted by Gasteiger charge is 2.17. The van der Waals surface area contributed by atoms with Crippen molar-refractivity contribution in [2.45, 2.75) is 0 Å². The fourth-order valence-corrected chi connectivity index (χ4v) is 1.12. The van der Waals surface area contributed by atoms with E-state index in [0.29, 0.717) is 0 Å². The molecule has 0 spiro atoms. The van der Waals surface area contributed by atoms with E-state index in [1.807, 2.05) is 0 Å². The van der Waals surface area contributed by atoms with Gasteiger partial charge in [-0.2, -0.15) is 4.98 Å². The first-order chi connectivity index (χ1) is 8.32. The number of carbonyl (C=O) groups is 1. The van der Waals surface area contributed by atoms with Crippen molar-refractivity contribution >= 4 is 23.4 Å². The van der Waals surface area contributed by atoms with Crippen molar-refractivity contribution in [2.24, 2.45) is 0 Å². The minimum atomic E-state index is -0.663. The van der Waals surface area contributed by atoms with Gasteiger partial charge >= 0.3 is 5.69 Å². The summed E-state index contributed by atoms with van der Waals surface area (Å²) in [6.07, 6.45) is 1.02. The van der Waals surface area contributed by atoms with Gasteiger partial charge in [-0.3, -0.25) is 14.9 Å². The topological polar surface area (TPSA) is 118 Å². The Morgan fingerprint density at radius 1 is 1.50 bits per heavy atom. The van der Waals surface area contributed by atoms with Gasteiger partial charge in [-0.15, -0.1) is 0 Å². The van der Waals surface area contributed by atoms with Gasteiger partial charge < -0.3 is 15.5 Å². The Morgan fingerprint density at radius 2 is 2.11 bits per heavy atom. The molecule has 0 unspecified atom stereocenters. The molecule has 0 aliphatic rings. The predicted octanol–water partition coefficient (Wildman–Crippen LogP) is -0.509. The zero-order chi connectivity index (χ0) is 13.9. The third kappa shape index (κ3) is 3.03. The number of likely N-dealkylation sites (N-methyl/N-ethyl adjacent to an activating group) is 2. The lowest BCUT2D eigenvalue weighted by atomic mass is 10.4. The van der Waals surface area contributed by atoms with Gasteiger partial charge in [0.2, 0.25) is 17.7 Å². The van der Waals surface area contributed by atoms with Crippen molar-refractivity contribution in [1.82, 2.24) is 14.9 Å². The lowest BCUT2D eigenvalue weighted by molar-refractivity contribution is -0.384. The number of nitrogens with two attached hydrogens (primary N) is 1. The first-order valence-electron chi connectivity index (χ1n) is 5.01. The van der Waals surface area contributed by atoms with Gasteiger partial charge in [-0.1, -0.05) is 0 Å². The number of hydrogen-bond donors (Lipinski definition) is 1. The zero-order valence-electron chi connectivity index (χ0n) is 10.3. The number of amides is 1. The second-order valence-electron chi connectivity index (χ2n) is 3.84. The number of rotatable bonds is 4. The molecule has 1 aromatic rings. The second-order valence-corrected chi connectivity index (χ2v) is 3.84. The molecule has 1 amide bonds. The van der Waals surface area contributed by atoms with E-state index in [2.05, 4.69) is 9.97 Å². The lowest BCUT2D eigenvalue weighted by Gasteiger charge is -2.18. The Hall–Kier alpha value is -2.45. The normalized spacial score (nSPS) is 9.94. The van der Waals surface area contributed by atoms with Crippen LogP contribution in [-0.2, 0) is 4.79 Å². The molecule has 0 saturated heterocycles. The first kappa shape index (κ1) is 13.6. The van der Waals surface area contributed by atoms with Gasteiger partial charge in [0.1, 0.15) is 6.20 Å². The number of carbonyl (C=O) groups excluding carboxylic acids is 1. The van der Waals surface area contributed by atoms with E-state index < -0.39 is 4.92 Å². The van der Waals surface area contributed by atoms with Crippen LogP contribution >= 0.6 is 0 Å². The Kier molecular flexibility index (Phi) is 3.97. The molecule has 2 N–H and O–H groups in total. The molecule has 18 heavy (non-hydrogen) atoms. The molecule has 0 aromatic carbocycles. The van der Waals surface area contributed by atoms with Crippen LogP contribution in [0, 0.1) is 10.1 Å².